The number of hydrogen-bond acceptors (Lipinski definition) is 5. The van der Waals surface area contributed by atoms with Crippen molar-refractivity contribution in [1.82, 2.24) is 0 Å². The summed E-state index contributed by atoms with van der Waals surface area (Å²) in [5, 5.41) is -0.0671. The zero-order valence-electron chi connectivity index (χ0n) is 15.0. The van der Waals surface area contributed by atoms with Gasteiger partial charge in [0.05, 0.1) is 12.2 Å². The van der Waals surface area contributed by atoms with E-state index in [1.807, 2.05) is 0 Å². The van der Waals surface area contributed by atoms with Crippen LogP contribution in [0.4, 0.5) is 13.2 Å². The molecule has 0 aromatic heterocycles. The maximum Gasteiger partial charge on any atom is 0.416 e. The summed E-state index contributed by atoms with van der Waals surface area (Å²) >= 11 is 5.97. The van der Waals surface area contributed by atoms with Crippen molar-refractivity contribution in [3.63, 3.8) is 0 Å². The minimum absolute atomic E-state index is 0.0671. The Morgan fingerprint density at radius 3 is 2.59 bits per heavy atom. The Kier molecular flexibility index (Phi) is 5.58. The van der Waals surface area contributed by atoms with Crippen molar-refractivity contribution in [3.8, 4) is 0 Å². The van der Waals surface area contributed by atoms with Gasteiger partial charge in [-0.2, -0.15) is 13.2 Å². The number of halogens is 4. The molecule has 0 N–H and O–H groups in total. The predicted molar refractivity (Wildman–Crippen MR) is 89.0 cm³/mol. The number of alkyl halides is 3. The van der Waals surface area contributed by atoms with Gasteiger partial charge in [0.2, 0.25) is 0 Å². The molecule has 0 amide bonds. The fourth-order valence-corrected chi connectivity index (χ4v) is 3.38. The Hall–Kier alpha value is -1.19. The summed E-state index contributed by atoms with van der Waals surface area (Å²) in [4.78, 5) is 12.2. The van der Waals surface area contributed by atoms with Crippen LogP contribution in [0.2, 0.25) is 5.02 Å². The Labute approximate surface area is 159 Å². The lowest BCUT2D eigenvalue weighted by molar-refractivity contribution is -0.218. The summed E-state index contributed by atoms with van der Waals surface area (Å²) < 4.78 is 61.2. The molecule has 9 heteroatoms. The van der Waals surface area contributed by atoms with Gasteiger partial charge in [0.25, 0.3) is 0 Å². The van der Waals surface area contributed by atoms with Crippen LogP contribution in [-0.2, 0) is 36.5 Å². The number of carbonyl (C=O) groups excluding carboxylic acids is 1. The molecule has 5 nitrogen and oxygen atoms in total. The molecule has 3 rings (SSSR count). The van der Waals surface area contributed by atoms with Crippen LogP contribution < -0.4 is 0 Å². The standard InChI is InChI=1S/C18H20ClF3O5/c1-4-12(23)13-14(15-16(25-13)27-17(2,3)26-15)24-8-9-5-6-10(7-11(9)19)18(20,21)22/h5-7,13-16H,4,8H2,1-3H3/t13-,14+,15-,16-/m1/s1. The summed E-state index contributed by atoms with van der Waals surface area (Å²) in [6.07, 6.45) is -7.21. The summed E-state index contributed by atoms with van der Waals surface area (Å²) in [5.74, 6) is -1.05. The van der Waals surface area contributed by atoms with E-state index in [1.54, 1.807) is 20.8 Å². The smallest absolute Gasteiger partial charge is 0.367 e. The maximum absolute atomic E-state index is 12.8. The van der Waals surface area contributed by atoms with E-state index in [2.05, 4.69) is 0 Å². The quantitative estimate of drug-likeness (QED) is 0.734. The van der Waals surface area contributed by atoms with Crippen LogP contribution in [0.5, 0.6) is 0 Å². The van der Waals surface area contributed by atoms with E-state index in [9.17, 15) is 18.0 Å². The lowest BCUT2D eigenvalue weighted by Crippen LogP contribution is -2.40. The molecule has 1 aromatic rings. The number of benzene rings is 1. The van der Waals surface area contributed by atoms with Crippen LogP contribution in [0.25, 0.3) is 0 Å². The van der Waals surface area contributed by atoms with Gasteiger partial charge in [-0.1, -0.05) is 24.6 Å². The highest BCUT2D eigenvalue weighted by Gasteiger charge is 2.57. The molecular formula is C18H20ClF3O5. The first-order valence-electron chi connectivity index (χ1n) is 8.53. The first-order chi connectivity index (χ1) is 12.5. The van der Waals surface area contributed by atoms with Crippen LogP contribution in [0.15, 0.2) is 18.2 Å². The predicted octanol–water partition coefficient (Wildman–Crippen LogP) is 4.10. The van der Waals surface area contributed by atoms with Crippen molar-refractivity contribution >= 4 is 17.4 Å². The second-order valence-electron chi connectivity index (χ2n) is 6.92. The molecule has 150 valence electrons. The molecule has 4 atom stereocenters. The van der Waals surface area contributed by atoms with E-state index >= 15 is 0 Å². The molecule has 0 spiro atoms. The molecule has 2 aliphatic heterocycles. The zero-order valence-corrected chi connectivity index (χ0v) is 15.8. The lowest BCUT2D eigenvalue weighted by atomic mass is 10.0. The average molecular weight is 409 g/mol. The largest absolute Gasteiger partial charge is 0.416 e. The molecule has 0 bridgehead atoms. The fraction of sp³-hybridized carbons (Fsp3) is 0.611. The van der Waals surface area contributed by atoms with Crippen molar-refractivity contribution in [2.75, 3.05) is 0 Å². The van der Waals surface area contributed by atoms with Gasteiger partial charge in [-0.25, -0.2) is 0 Å². The Morgan fingerprint density at radius 1 is 1.30 bits per heavy atom. The van der Waals surface area contributed by atoms with Crippen LogP contribution >= 0.6 is 11.6 Å². The van der Waals surface area contributed by atoms with Gasteiger partial charge in [0, 0.05) is 11.4 Å². The number of ketones is 1. The van der Waals surface area contributed by atoms with Gasteiger partial charge in [-0.3, -0.25) is 4.79 Å². The van der Waals surface area contributed by atoms with Gasteiger partial charge >= 0.3 is 6.18 Å². The van der Waals surface area contributed by atoms with Gasteiger partial charge in [-0.05, 0) is 31.5 Å². The third kappa shape index (κ3) is 4.30. The summed E-state index contributed by atoms with van der Waals surface area (Å²) in [6, 6.07) is 3.04. The number of hydrogen-bond donors (Lipinski definition) is 0. The van der Waals surface area contributed by atoms with Crippen LogP contribution in [-0.4, -0.2) is 36.2 Å². The molecule has 0 unspecified atom stereocenters. The molecular weight excluding hydrogens is 389 g/mol. The van der Waals surface area contributed by atoms with E-state index in [4.69, 9.17) is 30.5 Å². The lowest BCUT2D eigenvalue weighted by Gasteiger charge is -2.25. The number of ether oxygens (including phenoxy) is 4. The van der Waals surface area contributed by atoms with Crippen molar-refractivity contribution in [3.05, 3.63) is 34.3 Å². The summed E-state index contributed by atoms with van der Waals surface area (Å²) in [7, 11) is 0. The molecule has 0 aliphatic carbocycles. The Balaban J connectivity index is 1.75. The third-order valence-electron chi connectivity index (χ3n) is 4.47. The van der Waals surface area contributed by atoms with E-state index in [1.165, 1.54) is 6.07 Å². The summed E-state index contributed by atoms with van der Waals surface area (Å²) in [6.45, 7) is 5.05. The van der Waals surface area contributed by atoms with Crippen LogP contribution in [0, 0.1) is 0 Å². The number of fused-ring (bicyclic) bond motifs is 1. The normalized spacial score (nSPS) is 29.7. The van der Waals surface area contributed by atoms with E-state index in [0.717, 1.165) is 12.1 Å². The Bertz CT molecular complexity index is 721. The molecule has 2 saturated heterocycles. The minimum atomic E-state index is -4.48. The van der Waals surface area contributed by atoms with Gasteiger partial charge in [0.15, 0.2) is 17.9 Å². The molecule has 2 fully saturated rings. The second-order valence-corrected chi connectivity index (χ2v) is 7.33. The van der Waals surface area contributed by atoms with Crippen molar-refractivity contribution in [1.29, 1.82) is 0 Å². The second kappa shape index (κ2) is 7.33. The number of carbonyl (C=O) groups is 1. The molecule has 0 saturated carbocycles. The fourth-order valence-electron chi connectivity index (χ4n) is 3.15. The van der Waals surface area contributed by atoms with E-state index in [0.29, 0.717) is 5.56 Å². The zero-order chi connectivity index (χ0) is 20.0. The van der Waals surface area contributed by atoms with Gasteiger partial charge in [0.1, 0.15) is 18.3 Å². The molecule has 27 heavy (non-hydrogen) atoms. The maximum atomic E-state index is 12.8. The van der Waals surface area contributed by atoms with Gasteiger partial charge in [-0.15, -0.1) is 0 Å². The van der Waals surface area contributed by atoms with E-state index < -0.39 is 42.1 Å². The van der Waals surface area contributed by atoms with Crippen LogP contribution in [0.3, 0.4) is 0 Å². The Morgan fingerprint density at radius 2 is 2.00 bits per heavy atom. The first kappa shape index (κ1) is 20.5. The number of rotatable bonds is 5. The third-order valence-corrected chi connectivity index (χ3v) is 4.82. The molecule has 1 aromatic carbocycles. The highest BCUT2D eigenvalue weighted by molar-refractivity contribution is 6.31. The van der Waals surface area contributed by atoms with Crippen molar-refractivity contribution < 1.29 is 36.9 Å². The average Bonchev–Trinajstić information content (AvgIpc) is 3.04. The van der Waals surface area contributed by atoms with E-state index in [-0.39, 0.29) is 23.8 Å². The van der Waals surface area contributed by atoms with Gasteiger partial charge < -0.3 is 18.9 Å². The monoisotopic (exact) mass is 408 g/mol. The number of Topliss-reactive ketones (excluding diaryl/α,β-unsaturated/α-hetero) is 1. The molecule has 0 radical (unpaired) electrons. The highest BCUT2D eigenvalue weighted by Crippen LogP contribution is 2.40. The summed E-state index contributed by atoms with van der Waals surface area (Å²) in [5.41, 5.74) is -0.470. The SMILES string of the molecule is CCC(=O)[C@H]1O[C@@H]2OC(C)(C)O[C@@H]2[C@H]1OCc1ccc(C(F)(F)F)cc1Cl. The molecule has 2 heterocycles. The topological polar surface area (TPSA) is 54.0 Å². The minimum Gasteiger partial charge on any atom is -0.367 e. The van der Waals surface area contributed by atoms with Crippen LogP contribution in [0.1, 0.15) is 38.3 Å². The van der Waals surface area contributed by atoms with Crippen molar-refractivity contribution in [2.24, 2.45) is 0 Å². The highest BCUT2D eigenvalue weighted by atomic mass is 35.5. The molecule has 2 aliphatic rings. The van der Waals surface area contributed by atoms with Crippen molar-refractivity contribution in [2.45, 2.75) is 70.4 Å². The first-order valence-corrected chi connectivity index (χ1v) is 8.90.